The monoisotopic (exact) mass is 295 g/mol. The number of sulfonamides is 1. The number of aryl methyl sites for hydroxylation is 2. The fourth-order valence-electron chi connectivity index (χ4n) is 1.84. The predicted octanol–water partition coefficient (Wildman–Crippen LogP) is 2.89. The van der Waals surface area contributed by atoms with Gasteiger partial charge in [-0.05, 0) is 48.9 Å². The minimum absolute atomic E-state index is 0.374. The molecule has 0 amide bonds. The van der Waals surface area contributed by atoms with Gasteiger partial charge in [0.1, 0.15) is 0 Å². The van der Waals surface area contributed by atoms with E-state index in [2.05, 4.69) is 4.72 Å². The van der Waals surface area contributed by atoms with Crippen LogP contribution in [0.25, 0.3) is 0 Å². The highest BCUT2D eigenvalue weighted by molar-refractivity contribution is 7.89. The Morgan fingerprint density at radius 1 is 1.21 bits per heavy atom. The molecule has 1 aromatic carbocycles. The van der Waals surface area contributed by atoms with Crippen LogP contribution in [-0.2, 0) is 16.4 Å². The molecule has 3 nitrogen and oxygen atoms in total. The smallest absolute Gasteiger partial charge is 0.211 e. The van der Waals surface area contributed by atoms with Crippen molar-refractivity contribution >= 4 is 21.4 Å². The topological polar surface area (TPSA) is 46.2 Å². The molecule has 2 aromatic rings. The predicted molar refractivity (Wildman–Crippen MR) is 79.1 cm³/mol. The minimum Gasteiger partial charge on any atom is -0.211 e. The molecule has 0 atom stereocenters. The Balaban J connectivity index is 2.07. The minimum atomic E-state index is -3.41. The first-order chi connectivity index (χ1) is 8.99. The van der Waals surface area contributed by atoms with Gasteiger partial charge in [0.2, 0.25) is 10.0 Å². The summed E-state index contributed by atoms with van der Waals surface area (Å²) < 4.78 is 27.1. The summed E-state index contributed by atoms with van der Waals surface area (Å²) in [6.45, 7) is 4.13. The molecule has 0 bridgehead atoms. The van der Waals surface area contributed by atoms with Gasteiger partial charge >= 0.3 is 0 Å². The number of nitrogens with one attached hydrogen (secondary N) is 1. The molecular weight excluding hydrogens is 278 g/mol. The van der Waals surface area contributed by atoms with E-state index in [1.54, 1.807) is 17.4 Å². The molecule has 0 saturated carbocycles. The van der Waals surface area contributed by atoms with Crippen molar-refractivity contribution in [3.8, 4) is 0 Å². The van der Waals surface area contributed by atoms with E-state index in [1.807, 2.05) is 43.5 Å². The summed E-state index contributed by atoms with van der Waals surface area (Å²) in [5, 5.41) is 1.99. The van der Waals surface area contributed by atoms with Crippen molar-refractivity contribution in [2.75, 3.05) is 6.54 Å². The third-order valence-electron chi connectivity index (χ3n) is 2.88. The molecule has 0 saturated heterocycles. The molecule has 1 heterocycles. The summed E-state index contributed by atoms with van der Waals surface area (Å²) >= 11 is 1.64. The Kier molecular flexibility index (Phi) is 4.39. The maximum atomic E-state index is 12.2. The van der Waals surface area contributed by atoms with Gasteiger partial charge in [0.25, 0.3) is 0 Å². The van der Waals surface area contributed by atoms with E-state index in [1.165, 1.54) is 4.88 Å². The van der Waals surface area contributed by atoms with Crippen LogP contribution >= 0.6 is 11.3 Å². The molecule has 0 aliphatic carbocycles. The van der Waals surface area contributed by atoms with Crippen molar-refractivity contribution in [2.24, 2.45) is 0 Å². The van der Waals surface area contributed by atoms with Crippen LogP contribution in [0.5, 0.6) is 0 Å². The summed E-state index contributed by atoms with van der Waals surface area (Å²) in [6, 6.07) is 9.45. The number of benzene rings is 1. The van der Waals surface area contributed by atoms with Crippen molar-refractivity contribution in [2.45, 2.75) is 25.2 Å². The summed E-state index contributed by atoms with van der Waals surface area (Å²) in [5.74, 6) is 0. The molecule has 5 heteroatoms. The zero-order valence-corrected chi connectivity index (χ0v) is 12.6. The largest absolute Gasteiger partial charge is 0.240 e. The second-order valence-electron chi connectivity index (χ2n) is 4.50. The van der Waals surface area contributed by atoms with Gasteiger partial charge in [0.05, 0.1) is 4.90 Å². The summed E-state index contributed by atoms with van der Waals surface area (Å²) in [7, 11) is -3.41. The molecule has 102 valence electrons. The van der Waals surface area contributed by atoms with Crippen molar-refractivity contribution in [3.63, 3.8) is 0 Å². The molecule has 19 heavy (non-hydrogen) atoms. The first kappa shape index (κ1) is 14.2. The van der Waals surface area contributed by atoms with Gasteiger partial charge in [-0.25, -0.2) is 13.1 Å². The van der Waals surface area contributed by atoms with Crippen LogP contribution < -0.4 is 4.72 Å². The average molecular weight is 295 g/mol. The van der Waals surface area contributed by atoms with E-state index in [0.29, 0.717) is 11.4 Å². The first-order valence-electron chi connectivity index (χ1n) is 6.08. The Hall–Kier alpha value is -1.17. The molecule has 0 fully saturated rings. The summed E-state index contributed by atoms with van der Waals surface area (Å²) in [5.41, 5.74) is 1.72. The van der Waals surface area contributed by atoms with Gasteiger partial charge in [-0.3, -0.25) is 0 Å². The lowest BCUT2D eigenvalue weighted by molar-refractivity contribution is 0.581. The van der Waals surface area contributed by atoms with Gasteiger partial charge in [-0.15, -0.1) is 11.3 Å². The molecule has 0 unspecified atom stereocenters. The van der Waals surface area contributed by atoms with Gasteiger partial charge in [0, 0.05) is 11.4 Å². The van der Waals surface area contributed by atoms with E-state index < -0.39 is 10.0 Å². The summed E-state index contributed by atoms with van der Waals surface area (Å²) in [4.78, 5) is 1.56. The molecule has 0 aliphatic heterocycles. The average Bonchev–Trinajstić information content (AvgIpc) is 2.85. The quantitative estimate of drug-likeness (QED) is 0.922. The third kappa shape index (κ3) is 3.65. The third-order valence-corrected chi connectivity index (χ3v) is 5.42. The fourth-order valence-corrected chi connectivity index (χ4v) is 3.91. The van der Waals surface area contributed by atoms with Gasteiger partial charge in [-0.1, -0.05) is 18.2 Å². The van der Waals surface area contributed by atoms with Gasteiger partial charge in [-0.2, -0.15) is 0 Å². The van der Waals surface area contributed by atoms with Crippen LogP contribution in [-0.4, -0.2) is 15.0 Å². The van der Waals surface area contributed by atoms with Crippen LogP contribution in [0, 0.1) is 13.8 Å². The molecule has 0 radical (unpaired) electrons. The molecule has 0 spiro atoms. The van der Waals surface area contributed by atoms with E-state index >= 15 is 0 Å². The highest BCUT2D eigenvalue weighted by Crippen LogP contribution is 2.16. The highest BCUT2D eigenvalue weighted by atomic mass is 32.2. The molecule has 1 N–H and O–H groups in total. The van der Waals surface area contributed by atoms with Crippen LogP contribution in [0.1, 0.15) is 16.0 Å². The van der Waals surface area contributed by atoms with Crippen LogP contribution in [0.4, 0.5) is 0 Å². The maximum Gasteiger partial charge on any atom is 0.240 e. The SMILES string of the molecule is Cc1ccc(C)c(S(=O)(=O)NCCc2cccs2)c1. The fraction of sp³-hybridized carbons (Fsp3) is 0.286. The second kappa shape index (κ2) is 5.86. The van der Waals surface area contributed by atoms with Crippen molar-refractivity contribution in [1.29, 1.82) is 0 Å². The highest BCUT2D eigenvalue weighted by Gasteiger charge is 2.16. The number of hydrogen-bond acceptors (Lipinski definition) is 3. The van der Waals surface area contributed by atoms with Crippen LogP contribution in [0.3, 0.4) is 0 Å². The summed E-state index contributed by atoms with van der Waals surface area (Å²) in [6.07, 6.45) is 0.724. The van der Waals surface area contributed by atoms with E-state index in [-0.39, 0.29) is 0 Å². The van der Waals surface area contributed by atoms with E-state index in [9.17, 15) is 8.42 Å². The van der Waals surface area contributed by atoms with Crippen LogP contribution in [0.15, 0.2) is 40.6 Å². The number of rotatable bonds is 5. The standard InChI is InChI=1S/C14H17NO2S2/c1-11-5-6-12(2)14(10-11)19(16,17)15-8-7-13-4-3-9-18-13/h3-6,9-10,15H,7-8H2,1-2H3. The number of hydrogen-bond donors (Lipinski definition) is 1. The normalized spacial score (nSPS) is 11.7. The Morgan fingerprint density at radius 2 is 2.00 bits per heavy atom. The Bertz CT molecular complexity index is 646. The lowest BCUT2D eigenvalue weighted by atomic mass is 10.2. The second-order valence-corrected chi connectivity index (χ2v) is 7.26. The molecule has 1 aromatic heterocycles. The molecule has 0 aliphatic rings. The van der Waals surface area contributed by atoms with E-state index in [4.69, 9.17) is 0 Å². The van der Waals surface area contributed by atoms with Crippen molar-refractivity contribution < 1.29 is 8.42 Å². The lowest BCUT2D eigenvalue weighted by Gasteiger charge is -2.09. The molecule has 2 rings (SSSR count). The maximum absolute atomic E-state index is 12.2. The zero-order valence-electron chi connectivity index (χ0n) is 11.0. The zero-order chi connectivity index (χ0) is 13.9. The number of thiophene rings is 1. The van der Waals surface area contributed by atoms with Crippen LogP contribution in [0.2, 0.25) is 0 Å². The Labute approximate surface area is 118 Å². The van der Waals surface area contributed by atoms with E-state index in [0.717, 1.165) is 17.5 Å². The van der Waals surface area contributed by atoms with Gasteiger partial charge in [0.15, 0.2) is 0 Å². The molecular formula is C14H17NO2S2. The lowest BCUT2D eigenvalue weighted by Crippen LogP contribution is -2.26. The van der Waals surface area contributed by atoms with Crippen molar-refractivity contribution in [3.05, 3.63) is 51.7 Å². The van der Waals surface area contributed by atoms with Crippen molar-refractivity contribution in [1.82, 2.24) is 4.72 Å². The van der Waals surface area contributed by atoms with Gasteiger partial charge < -0.3 is 0 Å². The Morgan fingerprint density at radius 3 is 2.68 bits per heavy atom. The first-order valence-corrected chi connectivity index (χ1v) is 8.44.